The second kappa shape index (κ2) is 9.52. The van der Waals surface area contributed by atoms with Crippen LogP contribution in [0.15, 0.2) is 66.7 Å². The predicted octanol–water partition coefficient (Wildman–Crippen LogP) is 6.29. The minimum Gasteiger partial charge on any atom is -0.436 e. The molecule has 2 aliphatic heterocycles. The van der Waals surface area contributed by atoms with Crippen LogP contribution in [0.5, 0.6) is 5.75 Å². The van der Waals surface area contributed by atoms with Gasteiger partial charge in [-0.3, -0.25) is 4.90 Å². The molecule has 0 spiro atoms. The van der Waals surface area contributed by atoms with Crippen LogP contribution in [0.1, 0.15) is 54.2 Å². The first-order valence-corrected chi connectivity index (χ1v) is 14.3. The molecule has 3 aromatic carbocycles. The van der Waals surface area contributed by atoms with E-state index in [9.17, 15) is 26.4 Å². The fraction of sp³-hybridized carbons (Fsp3) is 0.345. The van der Waals surface area contributed by atoms with Crippen molar-refractivity contribution in [2.75, 3.05) is 13.2 Å². The molecule has 1 amide bonds. The first kappa shape index (κ1) is 26.6. The molecule has 210 valence electrons. The molecule has 3 aliphatic rings. The van der Waals surface area contributed by atoms with Crippen LogP contribution in [0.4, 0.5) is 18.0 Å². The topological polar surface area (TPSA) is 82.1 Å². The molecule has 6 rings (SSSR count). The van der Waals surface area contributed by atoms with E-state index in [0.717, 1.165) is 22.3 Å². The lowest BCUT2D eigenvalue weighted by Crippen LogP contribution is -2.51. The number of alkyl halides is 3. The average Bonchev–Trinajstić information content (AvgIpc) is 3.47. The number of likely N-dealkylation sites (tertiary alicyclic amines) is 1. The Balaban J connectivity index is 1.34. The van der Waals surface area contributed by atoms with E-state index in [0.29, 0.717) is 31.4 Å². The maximum absolute atomic E-state index is 13.8. The second-order valence-electron chi connectivity index (χ2n) is 10.4. The van der Waals surface area contributed by atoms with Crippen LogP contribution in [0.3, 0.4) is 0 Å². The Hall–Kier alpha value is -3.57. The van der Waals surface area contributed by atoms with E-state index in [1.54, 1.807) is 17.9 Å². The predicted molar refractivity (Wildman–Crippen MR) is 139 cm³/mol. The van der Waals surface area contributed by atoms with Crippen molar-refractivity contribution in [1.29, 1.82) is 0 Å². The summed E-state index contributed by atoms with van der Waals surface area (Å²) < 4.78 is 80.2. The number of halogens is 3. The molecule has 1 saturated heterocycles. The number of hydrogen-bond donors (Lipinski definition) is 0. The van der Waals surface area contributed by atoms with Gasteiger partial charge in [0, 0.05) is 23.2 Å². The molecule has 1 aliphatic carbocycles. The van der Waals surface area contributed by atoms with Crippen molar-refractivity contribution in [1.82, 2.24) is 4.90 Å². The van der Waals surface area contributed by atoms with Gasteiger partial charge in [0.1, 0.15) is 11.9 Å². The summed E-state index contributed by atoms with van der Waals surface area (Å²) in [5.74, 6) is -0.459. The van der Waals surface area contributed by atoms with E-state index in [1.807, 2.05) is 48.5 Å². The Kier molecular flexibility index (Phi) is 6.34. The molecule has 0 bridgehead atoms. The first-order valence-electron chi connectivity index (χ1n) is 12.9. The quantitative estimate of drug-likeness (QED) is 0.270. The van der Waals surface area contributed by atoms with Crippen molar-refractivity contribution in [2.24, 2.45) is 0 Å². The van der Waals surface area contributed by atoms with Crippen molar-refractivity contribution in [3.05, 3.63) is 89.0 Å². The van der Waals surface area contributed by atoms with Gasteiger partial charge in [-0.05, 0) is 48.9 Å². The third kappa shape index (κ3) is 4.23. The molecular formula is C29H26F3NO6S. The Morgan fingerprint density at radius 2 is 1.65 bits per heavy atom. The summed E-state index contributed by atoms with van der Waals surface area (Å²) in [7, 11) is -5.91. The molecule has 7 nitrogen and oxygen atoms in total. The molecule has 0 N–H and O–H groups in total. The molecule has 1 fully saturated rings. The number of nitrogens with zero attached hydrogens (tertiary/aromatic N) is 1. The second-order valence-corrected chi connectivity index (χ2v) is 11.9. The molecule has 40 heavy (non-hydrogen) atoms. The van der Waals surface area contributed by atoms with Crippen LogP contribution in [-0.4, -0.2) is 43.6 Å². The Bertz CT molecular complexity index is 1550. The summed E-state index contributed by atoms with van der Waals surface area (Å²) in [5, 5.41) is 0. The molecule has 0 aromatic heterocycles. The highest BCUT2D eigenvalue weighted by Crippen LogP contribution is 2.50. The van der Waals surface area contributed by atoms with E-state index >= 15 is 0 Å². The van der Waals surface area contributed by atoms with Crippen molar-refractivity contribution in [3.63, 3.8) is 0 Å². The molecule has 0 radical (unpaired) electrons. The standard InChI is InChI=1S/C29H26F3NO6S/c1-28(26-24-18(14-17-37-26)8-6-13-23(24)39-40(35,36)29(30,31)32)15-7-16-33(28)27(34)38-25-21-11-4-2-9-19(21)20-10-3-5-12-22(20)25/h2-6,8-13,25-26H,7,14-17H2,1H3/t26-,28?/m0/s1. The lowest BCUT2D eigenvalue weighted by molar-refractivity contribution is -0.0597. The Labute approximate surface area is 229 Å². The highest BCUT2D eigenvalue weighted by Gasteiger charge is 2.53. The molecule has 1 unspecified atom stereocenters. The van der Waals surface area contributed by atoms with Crippen LogP contribution in [0.25, 0.3) is 11.1 Å². The molecule has 2 heterocycles. The van der Waals surface area contributed by atoms with Crippen molar-refractivity contribution >= 4 is 16.2 Å². The fourth-order valence-electron chi connectivity index (χ4n) is 6.16. The number of ether oxygens (including phenoxy) is 2. The third-order valence-electron chi connectivity index (χ3n) is 8.02. The Morgan fingerprint density at radius 3 is 2.30 bits per heavy atom. The van der Waals surface area contributed by atoms with E-state index in [-0.39, 0.29) is 12.2 Å². The van der Waals surface area contributed by atoms with Crippen LogP contribution < -0.4 is 4.18 Å². The zero-order valence-electron chi connectivity index (χ0n) is 21.5. The van der Waals surface area contributed by atoms with Crippen molar-refractivity contribution in [2.45, 2.75) is 49.4 Å². The van der Waals surface area contributed by atoms with Gasteiger partial charge >= 0.3 is 21.7 Å². The lowest BCUT2D eigenvalue weighted by atomic mass is 9.82. The van der Waals surface area contributed by atoms with Gasteiger partial charge in [0.15, 0.2) is 6.10 Å². The van der Waals surface area contributed by atoms with Gasteiger partial charge in [-0.2, -0.15) is 21.6 Å². The monoisotopic (exact) mass is 573 g/mol. The van der Waals surface area contributed by atoms with Gasteiger partial charge in [-0.15, -0.1) is 0 Å². The maximum Gasteiger partial charge on any atom is 0.534 e. The SMILES string of the molecule is CC1([C@H]2OCCc3cccc(OS(=O)(=O)C(F)(F)F)c32)CCCN1C(=O)OC1c2ccccc2-c2ccccc21. The summed E-state index contributed by atoms with van der Waals surface area (Å²) in [4.78, 5) is 15.4. The van der Waals surface area contributed by atoms with Gasteiger partial charge in [-0.1, -0.05) is 60.7 Å². The van der Waals surface area contributed by atoms with E-state index in [4.69, 9.17) is 9.47 Å². The van der Waals surface area contributed by atoms with Crippen LogP contribution >= 0.6 is 0 Å². The number of benzene rings is 3. The van der Waals surface area contributed by atoms with Crippen LogP contribution in [0, 0.1) is 0 Å². The highest BCUT2D eigenvalue weighted by atomic mass is 32.2. The summed E-state index contributed by atoms with van der Waals surface area (Å²) in [5.41, 5.74) is -2.13. The van der Waals surface area contributed by atoms with Crippen molar-refractivity contribution < 1.29 is 40.0 Å². The van der Waals surface area contributed by atoms with Crippen molar-refractivity contribution in [3.8, 4) is 16.9 Å². The minimum atomic E-state index is -5.91. The number of hydrogen-bond acceptors (Lipinski definition) is 6. The summed E-state index contributed by atoms with van der Waals surface area (Å²) >= 11 is 0. The van der Waals surface area contributed by atoms with E-state index in [1.165, 1.54) is 12.1 Å². The fourth-order valence-corrected chi connectivity index (χ4v) is 6.64. The zero-order valence-corrected chi connectivity index (χ0v) is 22.3. The summed E-state index contributed by atoms with van der Waals surface area (Å²) in [6.07, 6.45) is -0.735. The third-order valence-corrected chi connectivity index (χ3v) is 8.99. The number of carbonyl (C=O) groups is 1. The maximum atomic E-state index is 13.8. The van der Waals surface area contributed by atoms with Crippen LogP contribution in [0.2, 0.25) is 0 Å². The molecule has 0 saturated carbocycles. The van der Waals surface area contributed by atoms with Gasteiger partial charge in [0.05, 0.1) is 12.1 Å². The number of amides is 1. The van der Waals surface area contributed by atoms with Gasteiger partial charge < -0.3 is 13.7 Å². The average molecular weight is 574 g/mol. The van der Waals surface area contributed by atoms with Crippen LogP contribution in [-0.2, 0) is 26.0 Å². The zero-order chi connectivity index (χ0) is 28.3. The van der Waals surface area contributed by atoms with E-state index in [2.05, 4.69) is 4.18 Å². The summed E-state index contributed by atoms with van der Waals surface area (Å²) in [6.45, 7) is 2.37. The first-order chi connectivity index (χ1) is 19.0. The number of rotatable bonds is 4. The highest BCUT2D eigenvalue weighted by molar-refractivity contribution is 7.88. The van der Waals surface area contributed by atoms with Gasteiger partial charge in [-0.25, -0.2) is 4.79 Å². The minimum absolute atomic E-state index is 0.195. The smallest absolute Gasteiger partial charge is 0.436 e. The Morgan fingerprint density at radius 1 is 1.00 bits per heavy atom. The van der Waals surface area contributed by atoms with Gasteiger partial charge in [0.25, 0.3) is 0 Å². The largest absolute Gasteiger partial charge is 0.534 e. The molecular weight excluding hydrogens is 547 g/mol. The lowest BCUT2D eigenvalue weighted by Gasteiger charge is -2.43. The number of fused-ring (bicyclic) bond motifs is 4. The normalized spacial score (nSPS) is 22.4. The molecule has 11 heteroatoms. The van der Waals surface area contributed by atoms with Gasteiger partial charge in [0.2, 0.25) is 0 Å². The van der Waals surface area contributed by atoms with E-state index < -0.39 is 45.2 Å². The number of carbonyl (C=O) groups excluding carboxylic acids is 1. The summed E-state index contributed by atoms with van der Waals surface area (Å²) in [6, 6.07) is 19.7. The molecule has 3 aromatic rings. The molecule has 2 atom stereocenters.